The molecule has 0 unspecified atom stereocenters. The van der Waals surface area contributed by atoms with Crippen LogP contribution in [0.3, 0.4) is 0 Å². The first-order valence-corrected chi connectivity index (χ1v) is 9.25. The first-order valence-electron chi connectivity index (χ1n) is 7.43. The van der Waals surface area contributed by atoms with E-state index in [1.807, 2.05) is 0 Å². The third kappa shape index (κ3) is 3.77. The van der Waals surface area contributed by atoms with E-state index in [0.29, 0.717) is 11.6 Å². The van der Waals surface area contributed by atoms with Crippen LogP contribution in [0.2, 0.25) is 5.02 Å². The Hall–Kier alpha value is -0.620. The van der Waals surface area contributed by atoms with Gasteiger partial charge in [0.1, 0.15) is 0 Å². The van der Waals surface area contributed by atoms with Crippen LogP contribution in [0.25, 0.3) is 0 Å². The van der Waals surface area contributed by atoms with Crippen LogP contribution in [0.1, 0.15) is 44.1 Å². The molecule has 1 fully saturated rings. The van der Waals surface area contributed by atoms with Gasteiger partial charge in [0.25, 0.3) is 0 Å². The standard InChI is InChI=1S/C15H23ClN2O2S/c1-18(13-6-4-2-3-5-7-13)21(19,20)14-9-8-12(11-17)15(16)10-14/h8-10,13H,2-7,11,17H2,1H3. The maximum atomic E-state index is 12.7. The molecule has 0 spiro atoms. The molecule has 1 aromatic carbocycles. The predicted molar refractivity (Wildman–Crippen MR) is 85.8 cm³/mol. The third-order valence-corrected chi connectivity index (χ3v) is 6.52. The van der Waals surface area contributed by atoms with E-state index in [0.717, 1.165) is 31.2 Å². The van der Waals surface area contributed by atoms with Gasteiger partial charge in [-0.25, -0.2) is 8.42 Å². The van der Waals surface area contributed by atoms with Crippen LogP contribution in [0.4, 0.5) is 0 Å². The van der Waals surface area contributed by atoms with E-state index < -0.39 is 10.0 Å². The zero-order chi connectivity index (χ0) is 15.5. The van der Waals surface area contributed by atoms with E-state index in [9.17, 15) is 8.42 Å². The number of sulfonamides is 1. The minimum atomic E-state index is -3.49. The number of nitrogens with two attached hydrogens (primary N) is 1. The molecule has 0 saturated heterocycles. The maximum Gasteiger partial charge on any atom is 0.243 e. The van der Waals surface area contributed by atoms with Gasteiger partial charge < -0.3 is 5.73 Å². The second-order valence-electron chi connectivity index (χ2n) is 5.62. The second kappa shape index (κ2) is 7.09. The molecular weight excluding hydrogens is 308 g/mol. The molecule has 0 heterocycles. The SMILES string of the molecule is CN(C1CCCCCC1)S(=O)(=O)c1ccc(CN)c(Cl)c1. The zero-order valence-corrected chi connectivity index (χ0v) is 14.0. The summed E-state index contributed by atoms with van der Waals surface area (Å²) < 4.78 is 27.0. The molecule has 4 nitrogen and oxygen atoms in total. The first kappa shape index (κ1) is 16.7. The maximum absolute atomic E-state index is 12.7. The summed E-state index contributed by atoms with van der Waals surface area (Å²) in [5.74, 6) is 0. The highest BCUT2D eigenvalue weighted by atomic mass is 35.5. The van der Waals surface area contributed by atoms with E-state index in [-0.39, 0.29) is 10.9 Å². The van der Waals surface area contributed by atoms with Crippen molar-refractivity contribution in [3.8, 4) is 0 Å². The lowest BCUT2D eigenvalue weighted by atomic mass is 10.1. The van der Waals surface area contributed by atoms with Crippen molar-refractivity contribution in [3.63, 3.8) is 0 Å². The molecular formula is C15H23ClN2O2S. The summed E-state index contributed by atoms with van der Waals surface area (Å²) in [4.78, 5) is 0.247. The Labute approximate surface area is 132 Å². The van der Waals surface area contributed by atoms with Crippen molar-refractivity contribution in [2.24, 2.45) is 5.73 Å². The fraction of sp³-hybridized carbons (Fsp3) is 0.600. The Balaban J connectivity index is 2.25. The molecule has 0 bridgehead atoms. The van der Waals surface area contributed by atoms with Crippen LogP contribution in [-0.4, -0.2) is 25.8 Å². The summed E-state index contributed by atoms with van der Waals surface area (Å²) in [5.41, 5.74) is 6.32. The quantitative estimate of drug-likeness (QED) is 0.862. The lowest BCUT2D eigenvalue weighted by Crippen LogP contribution is -2.36. The van der Waals surface area contributed by atoms with Crippen molar-refractivity contribution in [1.29, 1.82) is 0 Å². The predicted octanol–water partition coefficient (Wildman–Crippen LogP) is 3.14. The number of rotatable bonds is 4. The number of benzene rings is 1. The number of halogens is 1. The highest BCUT2D eigenvalue weighted by molar-refractivity contribution is 7.89. The van der Waals surface area contributed by atoms with E-state index in [1.54, 1.807) is 19.2 Å². The molecule has 0 aliphatic heterocycles. The fourth-order valence-electron chi connectivity index (χ4n) is 2.84. The van der Waals surface area contributed by atoms with Crippen LogP contribution < -0.4 is 5.73 Å². The molecule has 118 valence electrons. The Morgan fingerprint density at radius 1 is 1.24 bits per heavy atom. The van der Waals surface area contributed by atoms with Crippen molar-refractivity contribution < 1.29 is 8.42 Å². The first-order chi connectivity index (χ1) is 9.96. The molecule has 0 aromatic heterocycles. The van der Waals surface area contributed by atoms with Crippen molar-refractivity contribution in [1.82, 2.24) is 4.31 Å². The van der Waals surface area contributed by atoms with Crippen molar-refractivity contribution >= 4 is 21.6 Å². The van der Waals surface area contributed by atoms with Crippen molar-refractivity contribution in [2.45, 2.75) is 56.0 Å². The monoisotopic (exact) mass is 330 g/mol. The minimum absolute atomic E-state index is 0.0884. The van der Waals surface area contributed by atoms with E-state index >= 15 is 0 Å². The Bertz CT molecular complexity index is 581. The molecule has 6 heteroatoms. The fourth-order valence-corrected chi connectivity index (χ4v) is 4.60. The number of hydrogen-bond donors (Lipinski definition) is 1. The van der Waals surface area contributed by atoms with Crippen LogP contribution in [-0.2, 0) is 16.6 Å². The summed E-state index contributed by atoms with van der Waals surface area (Å²) in [7, 11) is -1.82. The molecule has 1 aromatic rings. The summed E-state index contributed by atoms with van der Waals surface area (Å²) in [6, 6.07) is 4.88. The van der Waals surface area contributed by atoms with Gasteiger partial charge in [0.2, 0.25) is 10.0 Å². The van der Waals surface area contributed by atoms with E-state index in [2.05, 4.69) is 0 Å². The lowest BCUT2D eigenvalue weighted by Gasteiger charge is -2.26. The highest BCUT2D eigenvalue weighted by Gasteiger charge is 2.28. The Morgan fingerprint density at radius 2 is 1.86 bits per heavy atom. The van der Waals surface area contributed by atoms with Gasteiger partial charge in [0.05, 0.1) is 4.90 Å². The van der Waals surface area contributed by atoms with Crippen molar-refractivity contribution in [3.05, 3.63) is 28.8 Å². The second-order valence-corrected chi connectivity index (χ2v) is 8.03. The van der Waals surface area contributed by atoms with Gasteiger partial charge in [-0.1, -0.05) is 43.4 Å². The Morgan fingerprint density at radius 3 is 2.38 bits per heavy atom. The smallest absolute Gasteiger partial charge is 0.243 e. The molecule has 0 amide bonds. The lowest BCUT2D eigenvalue weighted by molar-refractivity contribution is 0.335. The van der Waals surface area contributed by atoms with E-state index in [4.69, 9.17) is 17.3 Å². The molecule has 2 N–H and O–H groups in total. The van der Waals surface area contributed by atoms with Gasteiger partial charge in [-0.2, -0.15) is 4.31 Å². The third-order valence-electron chi connectivity index (χ3n) is 4.26. The summed E-state index contributed by atoms with van der Waals surface area (Å²) in [5, 5.41) is 0.410. The van der Waals surface area contributed by atoms with Crippen LogP contribution in [0.15, 0.2) is 23.1 Å². The normalized spacial score (nSPS) is 17.9. The van der Waals surface area contributed by atoms with Crippen LogP contribution >= 0.6 is 11.6 Å². The van der Waals surface area contributed by atoms with Gasteiger partial charge >= 0.3 is 0 Å². The summed E-state index contributed by atoms with van der Waals surface area (Å²) in [6.45, 7) is 0.303. The number of nitrogens with zero attached hydrogens (tertiary/aromatic N) is 1. The number of hydrogen-bond acceptors (Lipinski definition) is 3. The minimum Gasteiger partial charge on any atom is -0.326 e. The molecule has 1 aliphatic rings. The van der Waals surface area contributed by atoms with Gasteiger partial charge in [-0.15, -0.1) is 0 Å². The van der Waals surface area contributed by atoms with Gasteiger partial charge in [0.15, 0.2) is 0 Å². The topological polar surface area (TPSA) is 63.4 Å². The molecule has 2 rings (SSSR count). The van der Waals surface area contributed by atoms with Gasteiger partial charge in [0, 0.05) is 24.7 Å². The average Bonchev–Trinajstić information content (AvgIpc) is 2.75. The van der Waals surface area contributed by atoms with Gasteiger partial charge in [-0.05, 0) is 30.5 Å². The molecule has 21 heavy (non-hydrogen) atoms. The summed E-state index contributed by atoms with van der Waals surface area (Å²) in [6.07, 6.45) is 6.45. The molecule has 1 aliphatic carbocycles. The molecule has 0 atom stereocenters. The van der Waals surface area contributed by atoms with Gasteiger partial charge in [-0.3, -0.25) is 0 Å². The summed E-state index contributed by atoms with van der Waals surface area (Å²) >= 11 is 6.09. The van der Waals surface area contributed by atoms with Crippen LogP contribution in [0, 0.1) is 0 Å². The average molecular weight is 331 g/mol. The Kier molecular flexibility index (Phi) is 5.66. The highest BCUT2D eigenvalue weighted by Crippen LogP contribution is 2.27. The van der Waals surface area contributed by atoms with Crippen LogP contribution in [0.5, 0.6) is 0 Å². The largest absolute Gasteiger partial charge is 0.326 e. The molecule has 1 saturated carbocycles. The van der Waals surface area contributed by atoms with Crippen molar-refractivity contribution in [2.75, 3.05) is 7.05 Å². The molecule has 0 radical (unpaired) electrons. The van der Waals surface area contributed by atoms with E-state index in [1.165, 1.54) is 23.2 Å². The zero-order valence-electron chi connectivity index (χ0n) is 12.4.